The smallest absolute Gasteiger partial charge is 0.119 e. The largest absolute Gasteiger partial charge is 0.491 e. The van der Waals surface area contributed by atoms with Crippen LogP contribution in [0.25, 0.3) is 22.3 Å². The molecule has 136 valence electrons. The van der Waals surface area contributed by atoms with E-state index < -0.39 is 0 Å². The molecular weight excluding hydrogens is 352 g/mol. The molecule has 2 nitrogen and oxygen atoms in total. The summed E-state index contributed by atoms with van der Waals surface area (Å²) in [6, 6.07) is 23.8. The van der Waals surface area contributed by atoms with Crippen molar-refractivity contribution in [2.75, 3.05) is 25.6 Å². The Hall–Kier alpha value is -2.23. The first-order valence-electron chi connectivity index (χ1n) is 9.51. The molecule has 3 aromatic carbocycles. The number of benzene rings is 3. The van der Waals surface area contributed by atoms with E-state index in [0.717, 1.165) is 24.0 Å². The van der Waals surface area contributed by atoms with Crippen LogP contribution in [0, 0.1) is 0 Å². The fraction of sp³-hybridized carbons (Fsp3) is 0.250. The standard InChI is InChI=1S/C24H22O2S/c1-2-5-22-18(4-1)14-24-21(6-3-7-23(22)24)17-8-10-19(11-9-17)26-13-12-25-15-20-16-27-20/h1-11,20H,12-16H2. The number of hydrogen-bond donors (Lipinski definition) is 0. The van der Waals surface area contributed by atoms with Gasteiger partial charge in [0.1, 0.15) is 12.4 Å². The molecule has 0 spiro atoms. The van der Waals surface area contributed by atoms with E-state index in [1.54, 1.807) is 0 Å². The monoisotopic (exact) mass is 374 g/mol. The van der Waals surface area contributed by atoms with Gasteiger partial charge in [-0.25, -0.2) is 0 Å². The highest BCUT2D eigenvalue weighted by atomic mass is 32.2. The minimum Gasteiger partial charge on any atom is -0.491 e. The van der Waals surface area contributed by atoms with E-state index in [9.17, 15) is 0 Å². The van der Waals surface area contributed by atoms with Crippen molar-refractivity contribution in [3.05, 3.63) is 77.9 Å². The molecule has 0 N–H and O–H groups in total. The summed E-state index contributed by atoms with van der Waals surface area (Å²) in [6.45, 7) is 2.12. The zero-order valence-electron chi connectivity index (χ0n) is 15.2. The molecule has 1 saturated heterocycles. The summed E-state index contributed by atoms with van der Waals surface area (Å²) in [4.78, 5) is 0. The van der Waals surface area contributed by atoms with Crippen molar-refractivity contribution in [1.82, 2.24) is 0 Å². The zero-order chi connectivity index (χ0) is 18.1. The lowest BCUT2D eigenvalue weighted by atomic mass is 9.96. The van der Waals surface area contributed by atoms with Gasteiger partial charge in [0.2, 0.25) is 0 Å². The molecule has 5 rings (SSSR count). The second kappa shape index (κ2) is 7.41. The van der Waals surface area contributed by atoms with Gasteiger partial charge in [-0.15, -0.1) is 0 Å². The molecule has 1 atom stereocenters. The summed E-state index contributed by atoms with van der Waals surface area (Å²) in [7, 11) is 0. The van der Waals surface area contributed by atoms with Crippen molar-refractivity contribution >= 4 is 11.8 Å². The molecule has 1 fully saturated rings. The van der Waals surface area contributed by atoms with Crippen LogP contribution in [0.2, 0.25) is 0 Å². The Balaban J connectivity index is 1.28. The Labute approximate surface area is 164 Å². The Morgan fingerprint density at radius 3 is 2.44 bits per heavy atom. The number of ether oxygens (including phenoxy) is 2. The van der Waals surface area contributed by atoms with Gasteiger partial charge in [-0.3, -0.25) is 0 Å². The molecule has 2 aliphatic rings. The topological polar surface area (TPSA) is 18.5 Å². The van der Waals surface area contributed by atoms with Crippen molar-refractivity contribution in [1.29, 1.82) is 0 Å². The third-order valence-corrected chi connectivity index (χ3v) is 6.16. The quantitative estimate of drug-likeness (QED) is 0.317. The van der Waals surface area contributed by atoms with Crippen LogP contribution in [0.3, 0.4) is 0 Å². The normalized spacial score (nSPS) is 16.7. The van der Waals surface area contributed by atoms with Crippen molar-refractivity contribution in [3.8, 4) is 28.0 Å². The molecule has 1 heterocycles. The Kier molecular flexibility index (Phi) is 4.64. The van der Waals surface area contributed by atoms with Crippen molar-refractivity contribution in [3.63, 3.8) is 0 Å². The fourth-order valence-electron chi connectivity index (χ4n) is 3.76. The Bertz CT molecular complexity index is 945. The molecule has 3 aromatic rings. The van der Waals surface area contributed by atoms with Crippen LogP contribution in [0.4, 0.5) is 0 Å². The summed E-state index contributed by atoms with van der Waals surface area (Å²) in [5.74, 6) is 2.15. The number of fused-ring (bicyclic) bond motifs is 3. The van der Waals surface area contributed by atoms with Gasteiger partial charge in [0, 0.05) is 11.0 Å². The molecule has 1 unspecified atom stereocenters. The van der Waals surface area contributed by atoms with Gasteiger partial charge < -0.3 is 9.47 Å². The van der Waals surface area contributed by atoms with Gasteiger partial charge in [0.15, 0.2) is 0 Å². The maximum absolute atomic E-state index is 5.81. The second-order valence-corrected chi connectivity index (χ2v) is 8.40. The summed E-state index contributed by atoms with van der Waals surface area (Å²) < 4.78 is 11.4. The van der Waals surface area contributed by atoms with Crippen molar-refractivity contribution in [2.24, 2.45) is 0 Å². The zero-order valence-corrected chi connectivity index (χ0v) is 16.0. The van der Waals surface area contributed by atoms with Crippen LogP contribution in [0.1, 0.15) is 11.1 Å². The van der Waals surface area contributed by atoms with E-state index in [2.05, 4.69) is 66.7 Å². The average Bonchev–Trinajstić information content (AvgIpc) is 3.46. The minimum atomic E-state index is 0.604. The number of rotatable bonds is 7. The molecular formula is C24H22O2S. The predicted molar refractivity (Wildman–Crippen MR) is 113 cm³/mol. The molecule has 0 bridgehead atoms. The molecule has 27 heavy (non-hydrogen) atoms. The van der Waals surface area contributed by atoms with Crippen LogP contribution >= 0.6 is 11.8 Å². The maximum atomic E-state index is 5.81. The Morgan fingerprint density at radius 1 is 0.815 bits per heavy atom. The number of hydrogen-bond acceptors (Lipinski definition) is 3. The van der Waals surface area contributed by atoms with E-state index in [-0.39, 0.29) is 0 Å². The van der Waals surface area contributed by atoms with Gasteiger partial charge in [0.05, 0.1) is 13.2 Å². The summed E-state index contributed by atoms with van der Waals surface area (Å²) in [6.07, 6.45) is 1.01. The van der Waals surface area contributed by atoms with Crippen LogP contribution in [-0.4, -0.2) is 30.8 Å². The van der Waals surface area contributed by atoms with E-state index in [4.69, 9.17) is 9.47 Å². The van der Waals surface area contributed by atoms with E-state index in [0.29, 0.717) is 13.2 Å². The van der Waals surface area contributed by atoms with Gasteiger partial charge in [-0.1, -0.05) is 54.6 Å². The lowest BCUT2D eigenvalue weighted by molar-refractivity contribution is 0.106. The van der Waals surface area contributed by atoms with Gasteiger partial charge in [-0.05, 0) is 51.9 Å². The summed E-state index contributed by atoms with van der Waals surface area (Å²) in [5, 5.41) is 0.725. The highest BCUT2D eigenvalue weighted by Crippen LogP contribution is 2.41. The molecule has 0 aromatic heterocycles. The maximum Gasteiger partial charge on any atom is 0.119 e. The van der Waals surface area contributed by atoms with Gasteiger partial charge in [0.25, 0.3) is 0 Å². The van der Waals surface area contributed by atoms with Crippen LogP contribution in [0.5, 0.6) is 5.75 Å². The molecule has 0 radical (unpaired) electrons. The first-order valence-corrected chi connectivity index (χ1v) is 10.6. The molecule has 0 amide bonds. The summed E-state index contributed by atoms with van der Waals surface area (Å²) >= 11 is 1.96. The van der Waals surface area contributed by atoms with Crippen molar-refractivity contribution < 1.29 is 9.47 Å². The van der Waals surface area contributed by atoms with Crippen LogP contribution in [0.15, 0.2) is 66.7 Å². The third kappa shape index (κ3) is 3.62. The average molecular weight is 375 g/mol. The minimum absolute atomic E-state index is 0.604. The van der Waals surface area contributed by atoms with Crippen LogP contribution in [-0.2, 0) is 11.2 Å². The second-order valence-electron chi connectivity index (χ2n) is 7.07. The SMILES string of the molecule is c1ccc2c(c1)Cc1c(-c3ccc(OCCOCC4CS4)cc3)cccc1-2. The molecule has 3 heteroatoms. The van der Waals surface area contributed by atoms with Crippen molar-refractivity contribution in [2.45, 2.75) is 11.7 Å². The predicted octanol–water partition coefficient (Wildman–Crippen LogP) is 5.44. The fourth-order valence-corrected chi connectivity index (χ4v) is 4.18. The lowest BCUT2D eigenvalue weighted by Crippen LogP contribution is -2.09. The van der Waals surface area contributed by atoms with E-state index in [1.807, 2.05) is 11.8 Å². The van der Waals surface area contributed by atoms with E-state index >= 15 is 0 Å². The molecule has 0 saturated carbocycles. The number of thioether (sulfide) groups is 1. The summed E-state index contributed by atoms with van der Waals surface area (Å²) in [5.41, 5.74) is 8.16. The highest BCUT2D eigenvalue weighted by molar-refractivity contribution is 8.06. The molecule has 1 aliphatic heterocycles. The Morgan fingerprint density at radius 2 is 1.59 bits per heavy atom. The first-order chi connectivity index (χ1) is 13.4. The first kappa shape index (κ1) is 16.9. The van der Waals surface area contributed by atoms with Crippen LogP contribution < -0.4 is 4.74 Å². The third-order valence-electron chi connectivity index (χ3n) is 5.22. The molecule has 1 aliphatic carbocycles. The van der Waals surface area contributed by atoms with Gasteiger partial charge in [-0.2, -0.15) is 11.8 Å². The lowest BCUT2D eigenvalue weighted by Gasteiger charge is -2.11. The highest BCUT2D eigenvalue weighted by Gasteiger charge is 2.22. The van der Waals surface area contributed by atoms with E-state index in [1.165, 1.54) is 39.1 Å². The van der Waals surface area contributed by atoms with Gasteiger partial charge >= 0.3 is 0 Å².